The van der Waals surface area contributed by atoms with E-state index in [4.69, 9.17) is 11.6 Å². The Morgan fingerprint density at radius 3 is 2.75 bits per heavy atom. The predicted octanol–water partition coefficient (Wildman–Crippen LogP) is 2.86. The maximum absolute atomic E-state index is 12.5. The lowest BCUT2D eigenvalue weighted by Crippen LogP contribution is -2.37. The molecule has 20 heavy (non-hydrogen) atoms. The first-order valence-corrected chi connectivity index (χ1v) is 9.32. The maximum atomic E-state index is 12.5. The highest BCUT2D eigenvalue weighted by Crippen LogP contribution is 2.29. The van der Waals surface area contributed by atoms with E-state index in [-0.39, 0.29) is 12.0 Å². The molecule has 0 radical (unpaired) electrons. The van der Waals surface area contributed by atoms with Gasteiger partial charge >= 0.3 is 0 Å². The molecule has 2 unspecified atom stereocenters. The van der Waals surface area contributed by atoms with Gasteiger partial charge in [-0.25, -0.2) is 13.1 Å². The average Bonchev–Trinajstić information content (AvgIpc) is 3.05. The molecule has 5 heteroatoms. The predicted molar refractivity (Wildman–Crippen MR) is 80.6 cm³/mol. The number of alkyl halides is 1. The Morgan fingerprint density at radius 1 is 1.15 bits per heavy atom. The van der Waals surface area contributed by atoms with Gasteiger partial charge in [0.15, 0.2) is 0 Å². The van der Waals surface area contributed by atoms with Crippen LogP contribution in [0.5, 0.6) is 0 Å². The van der Waals surface area contributed by atoms with Crippen LogP contribution in [-0.4, -0.2) is 20.3 Å². The molecule has 1 aromatic carbocycles. The van der Waals surface area contributed by atoms with Crippen molar-refractivity contribution in [2.75, 3.05) is 5.88 Å². The summed E-state index contributed by atoms with van der Waals surface area (Å²) in [5.41, 5.74) is 2.48. The summed E-state index contributed by atoms with van der Waals surface area (Å²) in [6, 6.07) is 5.53. The Hall–Kier alpha value is -0.580. The van der Waals surface area contributed by atoms with Crippen molar-refractivity contribution in [3.8, 4) is 0 Å². The van der Waals surface area contributed by atoms with Crippen LogP contribution in [-0.2, 0) is 22.9 Å². The van der Waals surface area contributed by atoms with Gasteiger partial charge in [0.05, 0.1) is 4.90 Å². The van der Waals surface area contributed by atoms with Gasteiger partial charge in [-0.1, -0.05) is 12.5 Å². The molecule has 0 aromatic heterocycles. The maximum Gasteiger partial charge on any atom is 0.240 e. The van der Waals surface area contributed by atoms with Gasteiger partial charge in [0.1, 0.15) is 0 Å². The van der Waals surface area contributed by atoms with E-state index in [9.17, 15) is 8.42 Å². The summed E-state index contributed by atoms with van der Waals surface area (Å²) in [7, 11) is -3.42. The summed E-state index contributed by atoms with van der Waals surface area (Å²) < 4.78 is 27.8. The standard InChI is InChI=1S/C15H20ClNO2S/c16-10-13-5-2-6-15(13)17-20(18,19)14-8-7-11-3-1-4-12(11)9-14/h7-9,13,15,17H,1-6,10H2. The van der Waals surface area contributed by atoms with E-state index < -0.39 is 10.0 Å². The van der Waals surface area contributed by atoms with Crippen LogP contribution in [0.4, 0.5) is 0 Å². The van der Waals surface area contributed by atoms with Crippen LogP contribution < -0.4 is 4.72 Å². The van der Waals surface area contributed by atoms with Crippen LogP contribution >= 0.6 is 11.6 Å². The fraction of sp³-hybridized carbons (Fsp3) is 0.600. The molecule has 0 heterocycles. The van der Waals surface area contributed by atoms with Crippen molar-refractivity contribution in [1.82, 2.24) is 4.72 Å². The van der Waals surface area contributed by atoms with Crippen molar-refractivity contribution in [3.05, 3.63) is 29.3 Å². The lowest BCUT2D eigenvalue weighted by atomic mass is 10.1. The first-order chi connectivity index (χ1) is 9.60. The van der Waals surface area contributed by atoms with Crippen LogP contribution in [0, 0.1) is 5.92 Å². The van der Waals surface area contributed by atoms with Gasteiger partial charge < -0.3 is 0 Å². The van der Waals surface area contributed by atoms with Gasteiger partial charge in [0, 0.05) is 11.9 Å². The second kappa shape index (κ2) is 5.66. The van der Waals surface area contributed by atoms with E-state index in [1.807, 2.05) is 12.1 Å². The van der Waals surface area contributed by atoms with Crippen LogP contribution in [0.1, 0.15) is 36.8 Å². The molecule has 3 rings (SSSR count). The van der Waals surface area contributed by atoms with E-state index in [0.29, 0.717) is 10.8 Å². The third-order valence-electron chi connectivity index (χ3n) is 4.54. The molecule has 1 fully saturated rings. The largest absolute Gasteiger partial charge is 0.240 e. The third-order valence-corrected chi connectivity index (χ3v) is 6.43. The molecule has 0 aliphatic heterocycles. The molecule has 2 aliphatic carbocycles. The minimum Gasteiger partial charge on any atom is -0.208 e. The highest BCUT2D eigenvalue weighted by molar-refractivity contribution is 7.89. The molecular formula is C15H20ClNO2S. The van der Waals surface area contributed by atoms with E-state index in [2.05, 4.69) is 4.72 Å². The number of benzene rings is 1. The van der Waals surface area contributed by atoms with E-state index in [1.54, 1.807) is 6.07 Å². The van der Waals surface area contributed by atoms with Crippen LogP contribution in [0.25, 0.3) is 0 Å². The van der Waals surface area contributed by atoms with Gasteiger partial charge in [-0.3, -0.25) is 0 Å². The second-order valence-electron chi connectivity index (χ2n) is 5.86. The Labute approximate surface area is 125 Å². The van der Waals surface area contributed by atoms with Crippen molar-refractivity contribution in [2.24, 2.45) is 5.92 Å². The second-order valence-corrected chi connectivity index (χ2v) is 7.88. The molecule has 110 valence electrons. The van der Waals surface area contributed by atoms with Crippen LogP contribution in [0.15, 0.2) is 23.1 Å². The Balaban J connectivity index is 1.81. The lowest BCUT2D eigenvalue weighted by Gasteiger charge is -2.19. The first kappa shape index (κ1) is 14.4. The lowest BCUT2D eigenvalue weighted by molar-refractivity contribution is 0.480. The minimum atomic E-state index is -3.42. The SMILES string of the molecule is O=S(=O)(NC1CCCC1CCl)c1ccc2c(c1)CCC2. The molecule has 2 aliphatic rings. The summed E-state index contributed by atoms with van der Waals surface area (Å²) in [6.07, 6.45) is 6.15. The van der Waals surface area contributed by atoms with Crippen molar-refractivity contribution in [2.45, 2.75) is 49.5 Å². The Morgan fingerprint density at radius 2 is 1.95 bits per heavy atom. The molecule has 3 nitrogen and oxygen atoms in total. The molecule has 2 atom stereocenters. The molecule has 1 aromatic rings. The molecule has 0 spiro atoms. The van der Waals surface area contributed by atoms with Gasteiger partial charge in [-0.15, -0.1) is 11.6 Å². The molecule has 1 saturated carbocycles. The summed E-state index contributed by atoms with van der Waals surface area (Å²) in [4.78, 5) is 0.401. The number of rotatable bonds is 4. The normalized spacial score (nSPS) is 25.9. The van der Waals surface area contributed by atoms with Crippen molar-refractivity contribution < 1.29 is 8.42 Å². The minimum absolute atomic E-state index is 0.00856. The molecule has 0 saturated heterocycles. The van der Waals surface area contributed by atoms with E-state index >= 15 is 0 Å². The number of sulfonamides is 1. The number of hydrogen-bond acceptors (Lipinski definition) is 2. The van der Waals surface area contributed by atoms with Gasteiger partial charge in [-0.2, -0.15) is 0 Å². The number of hydrogen-bond donors (Lipinski definition) is 1. The van der Waals surface area contributed by atoms with Gasteiger partial charge in [0.25, 0.3) is 0 Å². The summed E-state index contributed by atoms with van der Waals surface area (Å²) in [6.45, 7) is 0. The quantitative estimate of drug-likeness (QED) is 0.869. The molecule has 1 N–H and O–H groups in total. The zero-order valence-electron chi connectivity index (χ0n) is 11.4. The summed E-state index contributed by atoms with van der Waals surface area (Å²) in [5, 5.41) is 0. The summed E-state index contributed by atoms with van der Waals surface area (Å²) >= 11 is 5.92. The van der Waals surface area contributed by atoms with Crippen molar-refractivity contribution in [3.63, 3.8) is 0 Å². The number of nitrogens with one attached hydrogen (secondary N) is 1. The number of halogens is 1. The number of fused-ring (bicyclic) bond motifs is 1. The van der Waals surface area contributed by atoms with Crippen LogP contribution in [0.2, 0.25) is 0 Å². The van der Waals surface area contributed by atoms with Gasteiger partial charge in [0.2, 0.25) is 10.0 Å². The van der Waals surface area contributed by atoms with Crippen LogP contribution in [0.3, 0.4) is 0 Å². The zero-order chi connectivity index (χ0) is 14.2. The van der Waals surface area contributed by atoms with Crippen molar-refractivity contribution in [1.29, 1.82) is 0 Å². The average molecular weight is 314 g/mol. The summed E-state index contributed by atoms with van der Waals surface area (Å²) in [5.74, 6) is 0.790. The molecule has 0 amide bonds. The zero-order valence-corrected chi connectivity index (χ0v) is 13.0. The molecular weight excluding hydrogens is 294 g/mol. The first-order valence-electron chi connectivity index (χ1n) is 7.30. The van der Waals surface area contributed by atoms with E-state index in [0.717, 1.165) is 38.5 Å². The topological polar surface area (TPSA) is 46.2 Å². The number of aryl methyl sites for hydroxylation is 2. The van der Waals surface area contributed by atoms with Crippen molar-refractivity contribution >= 4 is 21.6 Å². The van der Waals surface area contributed by atoms with Gasteiger partial charge in [-0.05, 0) is 61.3 Å². The molecule has 0 bridgehead atoms. The highest BCUT2D eigenvalue weighted by atomic mass is 35.5. The third kappa shape index (κ3) is 2.74. The Bertz CT molecular complexity index is 600. The smallest absolute Gasteiger partial charge is 0.208 e. The fourth-order valence-electron chi connectivity index (χ4n) is 3.36. The Kier molecular flexibility index (Phi) is 4.07. The highest BCUT2D eigenvalue weighted by Gasteiger charge is 2.31. The van der Waals surface area contributed by atoms with E-state index in [1.165, 1.54) is 11.1 Å². The fourth-order valence-corrected chi connectivity index (χ4v) is 5.12. The monoisotopic (exact) mass is 313 g/mol.